The third kappa shape index (κ3) is 4.77. The Morgan fingerprint density at radius 2 is 2.22 bits per heavy atom. The molecule has 0 saturated heterocycles. The molecule has 1 aliphatic heterocycles. The molecule has 2 heterocycles. The van der Waals surface area contributed by atoms with Crippen molar-refractivity contribution in [3.05, 3.63) is 36.0 Å². The van der Waals surface area contributed by atoms with E-state index in [0.717, 1.165) is 16.7 Å². The first-order chi connectivity index (χ1) is 13.2. The first kappa shape index (κ1) is 17.8. The van der Waals surface area contributed by atoms with E-state index in [2.05, 4.69) is 24.1 Å². The molecule has 0 spiro atoms. The third-order valence-corrected chi connectivity index (χ3v) is 4.23. The number of benzene rings is 1. The highest BCUT2D eigenvalue weighted by atomic mass is 16.5. The van der Waals surface area contributed by atoms with Gasteiger partial charge in [-0.2, -0.15) is 0 Å². The van der Waals surface area contributed by atoms with Crippen molar-refractivity contribution in [2.45, 2.75) is 46.3 Å². The monoisotopic (exact) mass is 370 g/mol. The number of amides is 1. The van der Waals surface area contributed by atoms with Crippen LogP contribution in [0.2, 0.25) is 0 Å². The lowest BCUT2D eigenvalue weighted by Gasteiger charge is -2.27. The molecule has 144 valence electrons. The minimum absolute atomic E-state index is 0.170. The molecule has 27 heavy (non-hydrogen) atoms. The summed E-state index contributed by atoms with van der Waals surface area (Å²) < 4.78 is 20.0. The lowest BCUT2D eigenvalue weighted by atomic mass is 9.93. The maximum absolute atomic E-state index is 11.3. The van der Waals surface area contributed by atoms with E-state index in [1.54, 1.807) is 12.3 Å². The molecule has 0 fully saturated rings. The van der Waals surface area contributed by atoms with E-state index in [4.69, 9.17) is 16.6 Å². The molecule has 1 amide bonds. The smallest absolute Gasteiger partial charge is 0.222 e. The van der Waals surface area contributed by atoms with E-state index in [1.807, 2.05) is 25.1 Å². The SMILES string of the molecule is [2H]C(Oc1ccc2c(c1)OCc1cnc(NC(C)=O)cc1-2)C(C)(N)CC(C)C. The number of hydrogen-bond acceptors (Lipinski definition) is 5. The summed E-state index contributed by atoms with van der Waals surface area (Å²) in [5, 5.41) is 2.70. The Morgan fingerprint density at radius 1 is 1.44 bits per heavy atom. The zero-order valence-electron chi connectivity index (χ0n) is 17.2. The van der Waals surface area contributed by atoms with Crippen molar-refractivity contribution in [3.8, 4) is 22.6 Å². The van der Waals surface area contributed by atoms with Crippen LogP contribution in [0.1, 0.15) is 41.0 Å². The van der Waals surface area contributed by atoms with Crippen molar-refractivity contribution in [2.24, 2.45) is 11.7 Å². The van der Waals surface area contributed by atoms with Crippen molar-refractivity contribution in [1.82, 2.24) is 4.98 Å². The average Bonchev–Trinajstić information content (AvgIpc) is 2.59. The number of aromatic nitrogens is 1. The zero-order chi connectivity index (χ0) is 20.5. The number of fused-ring (bicyclic) bond motifs is 3. The van der Waals surface area contributed by atoms with Gasteiger partial charge >= 0.3 is 0 Å². The highest BCUT2D eigenvalue weighted by Crippen LogP contribution is 2.40. The van der Waals surface area contributed by atoms with Gasteiger partial charge < -0.3 is 20.5 Å². The second-order valence-electron chi connectivity index (χ2n) is 7.69. The summed E-state index contributed by atoms with van der Waals surface area (Å²) in [7, 11) is 0. The van der Waals surface area contributed by atoms with E-state index in [-0.39, 0.29) is 5.91 Å². The van der Waals surface area contributed by atoms with Crippen molar-refractivity contribution in [2.75, 3.05) is 11.9 Å². The molecular weight excluding hydrogens is 342 g/mol. The predicted molar refractivity (Wildman–Crippen MR) is 106 cm³/mol. The summed E-state index contributed by atoms with van der Waals surface area (Å²) >= 11 is 0. The molecule has 0 bridgehead atoms. The van der Waals surface area contributed by atoms with Crippen LogP contribution in [-0.2, 0) is 11.4 Å². The molecule has 0 saturated carbocycles. The molecule has 2 aromatic rings. The van der Waals surface area contributed by atoms with Crippen LogP contribution in [0.5, 0.6) is 11.5 Å². The van der Waals surface area contributed by atoms with E-state index < -0.39 is 12.1 Å². The minimum Gasteiger partial charge on any atom is -0.492 e. The van der Waals surface area contributed by atoms with Crippen molar-refractivity contribution in [3.63, 3.8) is 0 Å². The van der Waals surface area contributed by atoms with Crippen LogP contribution in [0, 0.1) is 5.92 Å². The maximum Gasteiger partial charge on any atom is 0.222 e. The van der Waals surface area contributed by atoms with Crippen LogP contribution in [0.4, 0.5) is 5.82 Å². The predicted octanol–water partition coefficient (Wildman–Crippen LogP) is 3.74. The first-order valence-corrected chi connectivity index (χ1v) is 9.07. The number of pyridine rings is 1. The molecule has 1 aliphatic rings. The Bertz CT molecular complexity index is 883. The Kier molecular flexibility index (Phi) is 4.99. The van der Waals surface area contributed by atoms with Gasteiger partial charge in [0.05, 0.1) is 1.37 Å². The second-order valence-corrected chi connectivity index (χ2v) is 7.69. The van der Waals surface area contributed by atoms with Gasteiger partial charge in [-0.25, -0.2) is 4.98 Å². The number of hydrogen-bond donors (Lipinski definition) is 2. The van der Waals surface area contributed by atoms with E-state index in [0.29, 0.717) is 36.3 Å². The van der Waals surface area contributed by atoms with Gasteiger partial charge in [0, 0.05) is 35.9 Å². The molecule has 2 unspecified atom stereocenters. The van der Waals surface area contributed by atoms with Gasteiger partial charge in [0.2, 0.25) is 5.91 Å². The fraction of sp³-hybridized carbons (Fsp3) is 0.429. The zero-order valence-corrected chi connectivity index (χ0v) is 16.2. The first-order valence-electron chi connectivity index (χ1n) is 9.65. The van der Waals surface area contributed by atoms with Crippen LogP contribution in [0.3, 0.4) is 0 Å². The number of ether oxygens (including phenoxy) is 2. The highest BCUT2D eigenvalue weighted by molar-refractivity contribution is 5.89. The maximum atomic E-state index is 11.3. The number of nitrogens with zero attached hydrogens (tertiary/aromatic N) is 1. The molecule has 1 aromatic heterocycles. The number of carbonyl (C=O) groups is 1. The Labute approximate surface area is 161 Å². The molecule has 0 aliphatic carbocycles. The summed E-state index contributed by atoms with van der Waals surface area (Å²) in [6.07, 6.45) is 2.40. The highest BCUT2D eigenvalue weighted by Gasteiger charge is 2.23. The standard InChI is InChI=1S/C21H27N3O3/c1-13(2)9-21(4,22)12-27-16-5-6-17-18-8-20(24-14(3)25)23-10-15(18)11-26-19(17)7-16/h5-8,10,13H,9,11-12,22H2,1-4H3,(H,23,24,25)/i12D. The van der Waals surface area contributed by atoms with Crippen molar-refractivity contribution < 1.29 is 15.6 Å². The summed E-state index contributed by atoms with van der Waals surface area (Å²) in [6, 6.07) is 7.32. The number of rotatable bonds is 6. The fourth-order valence-corrected chi connectivity index (χ4v) is 3.30. The molecule has 2 atom stereocenters. The van der Waals surface area contributed by atoms with Crippen LogP contribution < -0.4 is 20.5 Å². The molecular formula is C21H27N3O3. The van der Waals surface area contributed by atoms with Gasteiger partial charge in [0.15, 0.2) is 0 Å². The Hall–Kier alpha value is -2.60. The Morgan fingerprint density at radius 3 is 2.93 bits per heavy atom. The van der Waals surface area contributed by atoms with Gasteiger partial charge in [-0.15, -0.1) is 0 Å². The number of nitrogens with one attached hydrogen (secondary N) is 1. The van der Waals surface area contributed by atoms with Crippen LogP contribution in [-0.4, -0.2) is 23.0 Å². The molecule has 3 rings (SSSR count). The third-order valence-electron chi connectivity index (χ3n) is 4.23. The number of anilines is 1. The van der Waals surface area contributed by atoms with Crippen LogP contribution >= 0.6 is 0 Å². The Balaban J connectivity index is 1.84. The quantitative estimate of drug-likeness (QED) is 0.809. The molecule has 3 N–H and O–H groups in total. The van der Waals surface area contributed by atoms with Crippen LogP contribution in [0.15, 0.2) is 30.5 Å². The molecule has 0 radical (unpaired) electrons. The molecule has 1 aromatic carbocycles. The summed E-state index contributed by atoms with van der Waals surface area (Å²) in [4.78, 5) is 15.5. The van der Waals surface area contributed by atoms with E-state index >= 15 is 0 Å². The van der Waals surface area contributed by atoms with Gasteiger partial charge in [0.25, 0.3) is 0 Å². The lowest BCUT2D eigenvalue weighted by Crippen LogP contribution is -2.43. The largest absolute Gasteiger partial charge is 0.492 e. The van der Waals surface area contributed by atoms with Gasteiger partial charge in [0.1, 0.15) is 30.5 Å². The topological polar surface area (TPSA) is 86.5 Å². The molecule has 6 nitrogen and oxygen atoms in total. The van der Waals surface area contributed by atoms with Crippen molar-refractivity contribution in [1.29, 1.82) is 0 Å². The van der Waals surface area contributed by atoms with Crippen LogP contribution in [0.25, 0.3) is 11.1 Å². The number of nitrogens with two attached hydrogens (primary N) is 1. The average molecular weight is 370 g/mol. The normalized spacial score (nSPS) is 16.3. The van der Waals surface area contributed by atoms with Crippen molar-refractivity contribution >= 4 is 11.7 Å². The summed E-state index contributed by atoms with van der Waals surface area (Å²) in [6.45, 7) is 6.93. The van der Waals surface area contributed by atoms with Gasteiger partial charge in [-0.1, -0.05) is 13.8 Å². The fourth-order valence-electron chi connectivity index (χ4n) is 3.30. The van der Waals surface area contributed by atoms with E-state index in [9.17, 15) is 4.79 Å². The summed E-state index contributed by atoms with van der Waals surface area (Å²) in [5.41, 5.74) is 8.32. The van der Waals surface area contributed by atoms with Gasteiger partial charge in [-0.05, 0) is 43.0 Å². The second kappa shape index (κ2) is 7.56. The van der Waals surface area contributed by atoms with E-state index in [1.165, 1.54) is 6.92 Å². The summed E-state index contributed by atoms with van der Waals surface area (Å²) in [5.74, 6) is 1.91. The number of carbonyl (C=O) groups excluding carboxylic acids is 1. The minimum atomic E-state index is -0.889. The van der Waals surface area contributed by atoms with Gasteiger partial charge in [-0.3, -0.25) is 4.79 Å². The molecule has 6 heteroatoms. The lowest BCUT2D eigenvalue weighted by molar-refractivity contribution is -0.114.